The van der Waals surface area contributed by atoms with E-state index in [1.165, 1.54) is 12.8 Å². The first-order valence-corrected chi connectivity index (χ1v) is 7.83. The fourth-order valence-corrected chi connectivity index (χ4v) is 3.59. The summed E-state index contributed by atoms with van der Waals surface area (Å²) < 4.78 is 11.9. The largest absolute Gasteiger partial charge is 0.407 e. The van der Waals surface area contributed by atoms with Crippen LogP contribution in [0.3, 0.4) is 0 Å². The third-order valence-electron chi connectivity index (χ3n) is 3.95. The highest BCUT2D eigenvalue weighted by molar-refractivity contribution is 5.25. The maximum atomic E-state index is 6.10. The zero-order valence-corrected chi connectivity index (χ0v) is 13.6. The van der Waals surface area contributed by atoms with Crippen molar-refractivity contribution in [3.05, 3.63) is 5.89 Å². The lowest BCUT2D eigenvalue weighted by Gasteiger charge is -2.46. The molecular weight excluding hydrogens is 268 g/mol. The number of rotatable bonds is 3. The normalized spacial score (nSPS) is 25.4. The van der Waals surface area contributed by atoms with Gasteiger partial charge in [-0.15, -0.1) is 5.10 Å². The van der Waals surface area contributed by atoms with Gasteiger partial charge >= 0.3 is 6.01 Å². The molecule has 0 aromatic carbocycles. The molecule has 0 saturated carbocycles. The van der Waals surface area contributed by atoms with Crippen LogP contribution in [-0.2, 0) is 11.3 Å². The van der Waals surface area contributed by atoms with Gasteiger partial charge in [0.1, 0.15) is 0 Å². The van der Waals surface area contributed by atoms with E-state index in [1.54, 1.807) is 0 Å². The van der Waals surface area contributed by atoms with Crippen molar-refractivity contribution in [1.29, 1.82) is 0 Å². The smallest absolute Gasteiger partial charge is 0.318 e. The van der Waals surface area contributed by atoms with Crippen molar-refractivity contribution < 1.29 is 9.15 Å². The molecule has 2 fully saturated rings. The Morgan fingerprint density at radius 2 is 1.62 bits per heavy atom. The molecule has 3 rings (SSSR count). The van der Waals surface area contributed by atoms with Crippen molar-refractivity contribution in [2.24, 2.45) is 0 Å². The van der Waals surface area contributed by atoms with Crippen LogP contribution in [0.1, 0.15) is 46.4 Å². The first-order chi connectivity index (χ1) is 9.83. The van der Waals surface area contributed by atoms with Gasteiger partial charge in [0, 0.05) is 26.2 Å². The van der Waals surface area contributed by atoms with Gasteiger partial charge in [-0.3, -0.25) is 4.90 Å². The average Bonchev–Trinajstić information content (AvgIpc) is 2.93. The van der Waals surface area contributed by atoms with Crippen molar-refractivity contribution in [2.45, 2.75) is 58.3 Å². The number of anilines is 1. The van der Waals surface area contributed by atoms with Gasteiger partial charge in [-0.05, 0) is 40.5 Å². The number of aromatic nitrogens is 2. The van der Waals surface area contributed by atoms with E-state index in [1.807, 2.05) is 0 Å². The van der Waals surface area contributed by atoms with Crippen molar-refractivity contribution in [1.82, 2.24) is 15.1 Å². The van der Waals surface area contributed by atoms with Gasteiger partial charge in [0.15, 0.2) is 0 Å². The number of ether oxygens (including phenoxy) is 1. The highest BCUT2D eigenvalue weighted by Crippen LogP contribution is 2.29. The molecule has 0 unspecified atom stereocenters. The zero-order valence-electron chi connectivity index (χ0n) is 13.6. The van der Waals surface area contributed by atoms with Gasteiger partial charge < -0.3 is 14.1 Å². The van der Waals surface area contributed by atoms with Gasteiger partial charge in [-0.1, -0.05) is 5.10 Å². The Hall–Kier alpha value is -1.14. The second-order valence-corrected chi connectivity index (χ2v) is 7.44. The van der Waals surface area contributed by atoms with E-state index in [0.29, 0.717) is 18.5 Å². The molecule has 0 aliphatic carbocycles. The van der Waals surface area contributed by atoms with Gasteiger partial charge in [0.05, 0.1) is 17.7 Å². The summed E-state index contributed by atoms with van der Waals surface area (Å²) in [5.41, 5.74) is -0.306. The number of morpholine rings is 1. The quantitative estimate of drug-likeness (QED) is 0.850. The van der Waals surface area contributed by atoms with Crippen molar-refractivity contribution in [2.75, 3.05) is 31.1 Å². The standard InChI is InChI=1S/C15H26N4O2/c1-14(2)10-18(11-15(3,4)21-14)9-12-16-17-13(20-12)19-7-5-6-8-19/h5-11H2,1-4H3. The Morgan fingerprint density at radius 3 is 2.24 bits per heavy atom. The molecule has 1 aromatic heterocycles. The molecule has 0 amide bonds. The zero-order chi connectivity index (χ0) is 15.1. The fourth-order valence-electron chi connectivity index (χ4n) is 3.59. The molecule has 0 spiro atoms. The molecule has 2 aliphatic rings. The van der Waals surface area contributed by atoms with Gasteiger partial charge in [0.25, 0.3) is 0 Å². The first-order valence-electron chi connectivity index (χ1n) is 7.83. The Bertz CT molecular complexity index is 476. The van der Waals surface area contributed by atoms with Gasteiger partial charge in [0.2, 0.25) is 5.89 Å². The van der Waals surface area contributed by atoms with E-state index in [2.05, 4.69) is 47.7 Å². The van der Waals surface area contributed by atoms with E-state index in [4.69, 9.17) is 9.15 Å². The Morgan fingerprint density at radius 1 is 1.00 bits per heavy atom. The Balaban J connectivity index is 1.66. The summed E-state index contributed by atoms with van der Waals surface area (Å²) in [6.07, 6.45) is 2.42. The van der Waals surface area contributed by atoms with Crippen molar-refractivity contribution in [3.63, 3.8) is 0 Å². The van der Waals surface area contributed by atoms with Crippen LogP contribution in [0.25, 0.3) is 0 Å². The van der Waals surface area contributed by atoms with Crippen LogP contribution in [0, 0.1) is 0 Å². The molecule has 0 radical (unpaired) electrons. The maximum Gasteiger partial charge on any atom is 0.318 e. The highest BCUT2D eigenvalue weighted by atomic mass is 16.5. The summed E-state index contributed by atoms with van der Waals surface area (Å²) in [5.74, 6) is 0.699. The molecule has 0 atom stereocenters. The van der Waals surface area contributed by atoms with E-state index in [0.717, 1.165) is 26.2 Å². The van der Waals surface area contributed by atoms with E-state index in [-0.39, 0.29) is 11.2 Å². The summed E-state index contributed by atoms with van der Waals surface area (Å²) in [6.45, 7) is 13.0. The lowest BCUT2D eigenvalue weighted by molar-refractivity contribution is -0.183. The summed E-state index contributed by atoms with van der Waals surface area (Å²) >= 11 is 0. The topological polar surface area (TPSA) is 54.6 Å². The van der Waals surface area contributed by atoms with E-state index in [9.17, 15) is 0 Å². The fraction of sp³-hybridized carbons (Fsp3) is 0.867. The van der Waals surface area contributed by atoms with E-state index >= 15 is 0 Å². The van der Waals surface area contributed by atoms with Crippen LogP contribution in [0.5, 0.6) is 0 Å². The Kier molecular flexibility index (Phi) is 3.69. The van der Waals surface area contributed by atoms with Crippen LogP contribution in [0.4, 0.5) is 6.01 Å². The summed E-state index contributed by atoms with van der Waals surface area (Å²) in [6, 6.07) is 0.675. The molecule has 2 aliphatic heterocycles. The van der Waals surface area contributed by atoms with E-state index < -0.39 is 0 Å². The van der Waals surface area contributed by atoms with Crippen molar-refractivity contribution >= 4 is 6.01 Å². The molecule has 6 heteroatoms. The minimum atomic E-state index is -0.153. The van der Waals surface area contributed by atoms with Gasteiger partial charge in [-0.2, -0.15) is 0 Å². The second-order valence-electron chi connectivity index (χ2n) is 7.44. The second kappa shape index (κ2) is 5.25. The molecule has 21 heavy (non-hydrogen) atoms. The number of nitrogens with zero attached hydrogens (tertiary/aromatic N) is 4. The number of hydrogen-bond donors (Lipinski definition) is 0. The lowest BCUT2D eigenvalue weighted by Crippen LogP contribution is -2.56. The molecule has 0 N–H and O–H groups in total. The van der Waals surface area contributed by atoms with Crippen LogP contribution in [0.15, 0.2) is 4.42 Å². The van der Waals surface area contributed by atoms with Crippen LogP contribution in [0.2, 0.25) is 0 Å². The SMILES string of the molecule is CC1(C)CN(Cc2nnc(N3CCCC3)o2)CC(C)(C)O1. The van der Waals surface area contributed by atoms with Crippen LogP contribution < -0.4 is 4.90 Å². The van der Waals surface area contributed by atoms with Crippen molar-refractivity contribution in [3.8, 4) is 0 Å². The molecule has 0 bridgehead atoms. The van der Waals surface area contributed by atoms with Gasteiger partial charge in [-0.25, -0.2) is 0 Å². The highest BCUT2D eigenvalue weighted by Gasteiger charge is 2.38. The third-order valence-corrected chi connectivity index (χ3v) is 3.95. The molecule has 118 valence electrons. The average molecular weight is 294 g/mol. The molecule has 6 nitrogen and oxygen atoms in total. The predicted molar refractivity (Wildman–Crippen MR) is 80.3 cm³/mol. The first kappa shape index (κ1) is 14.8. The Labute approximate surface area is 126 Å². The van der Waals surface area contributed by atoms with Crippen LogP contribution in [-0.4, -0.2) is 52.5 Å². The molecule has 3 heterocycles. The monoisotopic (exact) mass is 294 g/mol. The predicted octanol–water partition coefficient (Wildman–Crippen LogP) is 2.06. The molecule has 1 aromatic rings. The molecular formula is C15H26N4O2. The van der Waals surface area contributed by atoms with Crippen LogP contribution >= 0.6 is 0 Å². The summed E-state index contributed by atoms with van der Waals surface area (Å²) in [7, 11) is 0. The lowest BCUT2D eigenvalue weighted by atomic mass is 9.99. The minimum Gasteiger partial charge on any atom is -0.407 e. The maximum absolute atomic E-state index is 6.10. The molecule has 2 saturated heterocycles. The summed E-state index contributed by atoms with van der Waals surface area (Å²) in [4.78, 5) is 4.51. The number of hydrogen-bond acceptors (Lipinski definition) is 6. The minimum absolute atomic E-state index is 0.153. The summed E-state index contributed by atoms with van der Waals surface area (Å²) in [5, 5.41) is 8.40. The third kappa shape index (κ3) is 3.55.